The van der Waals surface area contributed by atoms with Gasteiger partial charge < -0.3 is 5.32 Å². The van der Waals surface area contributed by atoms with Crippen LogP contribution >= 0.6 is 0 Å². The normalized spacial score (nSPS) is 43.4. The maximum atomic E-state index is 12.3. The predicted octanol–water partition coefficient (Wildman–Crippen LogP) is 1.55. The fourth-order valence-electron chi connectivity index (χ4n) is 2.18. The van der Waals surface area contributed by atoms with E-state index in [2.05, 4.69) is 5.32 Å². The van der Waals surface area contributed by atoms with Crippen molar-refractivity contribution in [3.8, 4) is 0 Å². The molecule has 0 aromatic rings. The van der Waals surface area contributed by atoms with E-state index in [0.717, 1.165) is 6.54 Å². The Hall–Kier alpha value is -0.250. The van der Waals surface area contributed by atoms with E-state index in [1.165, 1.54) is 0 Å². The van der Waals surface area contributed by atoms with Crippen molar-refractivity contribution >= 4 is 0 Å². The van der Waals surface area contributed by atoms with Crippen LogP contribution in [0.15, 0.2) is 0 Å². The Labute approximate surface area is 63.0 Å². The first-order valence-corrected chi connectivity index (χ1v) is 3.81. The van der Waals surface area contributed by atoms with Gasteiger partial charge in [0.15, 0.2) is 0 Å². The molecule has 1 saturated carbocycles. The van der Waals surface area contributed by atoms with Crippen molar-refractivity contribution in [2.45, 2.75) is 19.0 Å². The molecule has 64 valence electrons. The summed E-state index contributed by atoms with van der Waals surface area (Å²) < 4.78 is 37.0. The molecule has 1 nitrogen and oxygen atoms in total. The zero-order valence-electron chi connectivity index (χ0n) is 6.04. The first kappa shape index (κ1) is 7.40. The molecule has 1 aliphatic carbocycles. The lowest BCUT2D eigenvalue weighted by Crippen LogP contribution is -2.61. The van der Waals surface area contributed by atoms with E-state index in [-0.39, 0.29) is 12.5 Å². The number of nitrogens with one attached hydrogen (secondary N) is 1. The molecule has 0 aromatic heterocycles. The van der Waals surface area contributed by atoms with Crippen LogP contribution in [0.25, 0.3) is 0 Å². The molecule has 0 unspecified atom stereocenters. The molecule has 2 aliphatic heterocycles. The van der Waals surface area contributed by atoms with Gasteiger partial charge in [0.2, 0.25) is 0 Å². The van der Waals surface area contributed by atoms with Crippen molar-refractivity contribution in [2.75, 3.05) is 13.1 Å². The van der Waals surface area contributed by atoms with Crippen LogP contribution in [0, 0.1) is 11.3 Å². The average Bonchev–Trinajstić information content (AvgIpc) is 1.85. The van der Waals surface area contributed by atoms with Gasteiger partial charge in [0.1, 0.15) is 0 Å². The average molecular weight is 165 g/mol. The molecule has 11 heavy (non-hydrogen) atoms. The van der Waals surface area contributed by atoms with Crippen molar-refractivity contribution in [3.63, 3.8) is 0 Å². The van der Waals surface area contributed by atoms with Gasteiger partial charge in [-0.05, 0) is 25.3 Å². The zero-order chi connectivity index (χ0) is 8.11. The molecule has 3 aliphatic rings. The molecule has 3 rings (SSSR count). The lowest BCUT2D eigenvalue weighted by molar-refractivity contribution is -0.270. The van der Waals surface area contributed by atoms with Crippen molar-refractivity contribution in [1.82, 2.24) is 5.32 Å². The second kappa shape index (κ2) is 1.91. The van der Waals surface area contributed by atoms with Crippen LogP contribution in [0.3, 0.4) is 0 Å². The van der Waals surface area contributed by atoms with E-state index >= 15 is 0 Å². The molecule has 1 N–H and O–H groups in total. The summed E-state index contributed by atoms with van der Waals surface area (Å²) in [5.41, 5.74) is -1.35. The number of fused-ring (bicyclic) bond motifs is 2. The van der Waals surface area contributed by atoms with Crippen molar-refractivity contribution < 1.29 is 13.2 Å². The number of hydrogen-bond acceptors (Lipinski definition) is 1. The lowest BCUT2D eigenvalue weighted by atomic mass is 9.59. The zero-order valence-corrected chi connectivity index (χ0v) is 6.04. The summed E-state index contributed by atoms with van der Waals surface area (Å²) in [6, 6.07) is 0. The molecule has 2 heterocycles. The van der Waals surface area contributed by atoms with E-state index in [0.29, 0.717) is 12.8 Å². The van der Waals surface area contributed by atoms with Gasteiger partial charge in [-0.2, -0.15) is 13.2 Å². The minimum Gasteiger partial charge on any atom is -0.316 e. The van der Waals surface area contributed by atoms with Gasteiger partial charge >= 0.3 is 6.18 Å². The molecule has 2 bridgehead atoms. The second-order valence-electron chi connectivity index (χ2n) is 3.68. The largest absolute Gasteiger partial charge is 0.395 e. The third-order valence-corrected chi connectivity index (χ3v) is 2.86. The summed E-state index contributed by atoms with van der Waals surface area (Å²) in [5, 5.41) is 2.81. The SMILES string of the molecule is FC(F)(F)C12CNCC(C1)C2. The third kappa shape index (κ3) is 0.883. The van der Waals surface area contributed by atoms with Gasteiger partial charge in [0.25, 0.3) is 0 Å². The molecule has 0 amide bonds. The van der Waals surface area contributed by atoms with Crippen molar-refractivity contribution in [1.29, 1.82) is 0 Å². The van der Waals surface area contributed by atoms with E-state index in [1.54, 1.807) is 0 Å². The Morgan fingerprint density at radius 1 is 1.27 bits per heavy atom. The highest BCUT2D eigenvalue weighted by atomic mass is 19.4. The maximum absolute atomic E-state index is 12.3. The summed E-state index contributed by atoms with van der Waals surface area (Å²) >= 11 is 0. The highest BCUT2D eigenvalue weighted by Gasteiger charge is 2.63. The van der Waals surface area contributed by atoms with Crippen molar-refractivity contribution in [3.05, 3.63) is 0 Å². The second-order valence-corrected chi connectivity index (χ2v) is 3.68. The molecular weight excluding hydrogens is 155 g/mol. The first-order valence-electron chi connectivity index (χ1n) is 3.81. The van der Waals surface area contributed by atoms with E-state index in [9.17, 15) is 13.2 Å². The smallest absolute Gasteiger partial charge is 0.316 e. The number of piperidine rings is 2. The van der Waals surface area contributed by atoms with Crippen molar-refractivity contribution in [2.24, 2.45) is 11.3 Å². The van der Waals surface area contributed by atoms with Gasteiger partial charge in [-0.15, -0.1) is 0 Å². The van der Waals surface area contributed by atoms with Crippen LogP contribution in [-0.4, -0.2) is 19.3 Å². The fourth-order valence-corrected chi connectivity index (χ4v) is 2.18. The van der Waals surface area contributed by atoms with E-state index in [4.69, 9.17) is 0 Å². The summed E-state index contributed by atoms with van der Waals surface area (Å²) in [5.74, 6) is 0.283. The minimum atomic E-state index is -3.99. The molecule has 0 aromatic carbocycles. The van der Waals surface area contributed by atoms with E-state index < -0.39 is 11.6 Å². The summed E-state index contributed by atoms with van der Waals surface area (Å²) in [7, 11) is 0. The van der Waals surface area contributed by atoms with Crippen LogP contribution in [0.5, 0.6) is 0 Å². The summed E-state index contributed by atoms with van der Waals surface area (Å²) in [6.45, 7) is 0.908. The third-order valence-electron chi connectivity index (χ3n) is 2.86. The molecule has 3 fully saturated rings. The topological polar surface area (TPSA) is 12.0 Å². The molecular formula is C7H10F3N. The highest BCUT2D eigenvalue weighted by Crippen LogP contribution is 2.57. The van der Waals surface area contributed by atoms with Gasteiger partial charge in [-0.3, -0.25) is 0 Å². The van der Waals surface area contributed by atoms with Crippen LogP contribution < -0.4 is 5.32 Å². The Morgan fingerprint density at radius 3 is 2.18 bits per heavy atom. The monoisotopic (exact) mass is 165 g/mol. The van der Waals surface area contributed by atoms with Gasteiger partial charge in [-0.25, -0.2) is 0 Å². The van der Waals surface area contributed by atoms with Crippen LogP contribution in [-0.2, 0) is 0 Å². The van der Waals surface area contributed by atoms with Gasteiger partial charge in [-0.1, -0.05) is 0 Å². The summed E-state index contributed by atoms with van der Waals surface area (Å²) in [4.78, 5) is 0. The van der Waals surface area contributed by atoms with Gasteiger partial charge in [0, 0.05) is 6.54 Å². The number of rotatable bonds is 0. The van der Waals surface area contributed by atoms with Crippen LogP contribution in [0.2, 0.25) is 0 Å². The number of halogens is 3. The number of alkyl halides is 3. The Kier molecular flexibility index (Phi) is 1.29. The van der Waals surface area contributed by atoms with Crippen LogP contribution in [0.1, 0.15) is 12.8 Å². The van der Waals surface area contributed by atoms with Gasteiger partial charge in [0.05, 0.1) is 5.41 Å². The lowest BCUT2D eigenvalue weighted by Gasteiger charge is -2.53. The van der Waals surface area contributed by atoms with Crippen LogP contribution in [0.4, 0.5) is 13.2 Å². The standard InChI is InChI=1S/C7H10F3N/c8-7(9,10)6-1-5(2-6)3-11-4-6/h5,11H,1-4H2. The summed E-state index contributed by atoms with van der Waals surface area (Å²) in [6.07, 6.45) is -3.29. The minimum absolute atomic E-state index is 0.132. The predicted molar refractivity (Wildman–Crippen MR) is 34.1 cm³/mol. The Bertz CT molecular complexity index is 164. The molecule has 0 radical (unpaired) electrons. The number of hydrogen-bond donors (Lipinski definition) is 1. The molecule has 4 heteroatoms. The molecule has 2 saturated heterocycles. The molecule has 0 atom stereocenters. The molecule has 0 spiro atoms. The quantitative estimate of drug-likeness (QED) is 0.574. The highest BCUT2D eigenvalue weighted by molar-refractivity contribution is 5.04. The maximum Gasteiger partial charge on any atom is 0.395 e. The van der Waals surface area contributed by atoms with E-state index in [1.807, 2.05) is 0 Å². The Morgan fingerprint density at radius 2 is 1.91 bits per heavy atom. The first-order chi connectivity index (χ1) is 5.04. The fraction of sp³-hybridized carbons (Fsp3) is 1.00. The Balaban J connectivity index is 2.13.